The van der Waals surface area contributed by atoms with Gasteiger partial charge in [-0.3, -0.25) is 10.1 Å². The summed E-state index contributed by atoms with van der Waals surface area (Å²) in [6.07, 6.45) is 0. The molecular weight excluding hydrogens is 342 g/mol. The van der Waals surface area contributed by atoms with Crippen LogP contribution in [0.5, 0.6) is 0 Å². The number of amides is 1. The summed E-state index contributed by atoms with van der Waals surface area (Å²) in [6.45, 7) is 0. The second-order valence-corrected chi connectivity index (χ2v) is 5.95. The largest absolute Gasteiger partial charge is 0.332 e. The van der Waals surface area contributed by atoms with Crippen molar-refractivity contribution in [3.05, 3.63) is 90.0 Å². The number of anilines is 1. The highest BCUT2D eigenvalue weighted by atomic mass is 32.1. The van der Waals surface area contributed by atoms with Crippen LogP contribution in [0.2, 0.25) is 0 Å². The van der Waals surface area contributed by atoms with Gasteiger partial charge in [0.05, 0.1) is 11.6 Å². The normalized spacial score (nSPS) is 9.81. The minimum absolute atomic E-state index is 0.201. The van der Waals surface area contributed by atoms with Crippen LogP contribution in [-0.2, 0) is 0 Å². The summed E-state index contributed by atoms with van der Waals surface area (Å²) in [5.41, 5.74) is 3.92. The zero-order valence-electron chi connectivity index (χ0n) is 13.8. The number of thiocarbonyl (C=S) groups is 1. The van der Waals surface area contributed by atoms with E-state index in [1.165, 1.54) is 0 Å². The Morgan fingerprint density at radius 2 is 1.46 bits per heavy atom. The molecule has 0 radical (unpaired) electrons. The number of nitrogens with zero attached hydrogens (tertiary/aromatic N) is 1. The van der Waals surface area contributed by atoms with Crippen molar-refractivity contribution in [1.82, 2.24) is 5.32 Å². The number of carbonyl (C=O) groups excluding carboxylic acids is 1. The smallest absolute Gasteiger partial charge is 0.257 e. The number of benzene rings is 3. The summed E-state index contributed by atoms with van der Waals surface area (Å²) in [5.74, 6) is -0.282. The van der Waals surface area contributed by atoms with Crippen LogP contribution in [0.1, 0.15) is 15.9 Å². The van der Waals surface area contributed by atoms with Crippen LogP contribution in [0.3, 0.4) is 0 Å². The van der Waals surface area contributed by atoms with E-state index in [1.807, 2.05) is 48.5 Å². The molecule has 5 heteroatoms. The molecule has 3 aromatic carbocycles. The Labute approximate surface area is 157 Å². The van der Waals surface area contributed by atoms with Crippen LogP contribution in [0.25, 0.3) is 11.1 Å². The van der Waals surface area contributed by atoms with Crippen molar-refractivity contribution in [3.8, 4) is 17.2 Å². The third kappa shape index (κ3) is 4.32. The van der Waals surface area contributed by atoms with E-state index in [4.69, 9.17) is 17.5 Å². The molecule has 26 heavy (non-hydrogen) atoms. The van der Waals surface area contributed by atoms with Gasteiger partial charge >= 0.3 is 0 Å². The van der Waals surface area contributed by atoms with Crippen LogP contribution in [-0.4, -0.2) is 11.0 Å². The fraction of sp³-hybridized carbons (Fsp3) is 0. The molecule has 3 aromatic rings. The van der Waals surface area contributed by atoms with Gasteiger partial charge in [0.25, 0.3) is 5.91 Å². The number of hydrogen-bond acceptors (Lipinski definition) is 3. The first kappa shape index (κ1) is 17.3. The lowest BCUT2D eigenvalue weighted by Gasteiger charge is -2.10. The van der Waals surface area contributed by atoms with Crippen LogP contribution in [0, 0.1) is 11.3 Å². The van der Waals surface area contributed by atoms with Gasteiger partial charge in [-0.1, -0.05) is 42.5 Å². The summed E-state index contributed by atoms with van der Waals surface area (Å²) < 4.78 is 0. The summed E-state index contributed by atoms with van der Waals surface area (Å²) in [5, 5.41) is 14.6. The maximum Gasteiger partial charge on any atom is 0.257 e. The first-order valence-corrected chi connectivity index (χ1v) is 8.34. The molecule has 0 aliphatic carbocycles. The lowest BCUT2D eigenvalue weighted by molar-refractivity contribution is 0.0978. The molecule has 126 valence electrons. The number of nitriles is 1. The van der Waals surface area contributed by atoms with E-state index < -0.39 is 0 Å². The second kappa shape index (κ2) is 8.06. The van der Waals surface area contributed by atoms with Gasteiger partial charge in [-0.15, -0.1) is 0 Å². The van der Waals surface area contributed by atoms with Gasteiger partial charge in [-0.05, 0) is 59.7 Å². The van der Waals surface area contributed by atoms with Gasteiger partial charge in [0, 0.05) is 11.3 Å². The van der Waals surface area contributed by atoms with Crippen LogP contribution >= 0.6 is 12.2 Å². The first-order chi connectivity index (χ1) is 12.7. The van der Waals surface area contributed by atoms with Crippen molar-refractivity contribution in [3.63, 3.8) is 0 Å². The van der Waals surface area contributed by atoms with E-state index in [0.29, 0.717) is 16.8 Å². The van der Waals surface area contributed by atoms with E-state index >= 15 is 0 Å². The van der Waals surface area contributed by atoms with Gasteiger partial charge < -0.3 is 5.32 Å². The third-order valence-electron chi connectivity index (χ3n) is 3.75. The number of hydrogen-bond donors (Lipinski definition) is 2. The van der Waals surface area contributed by atoms with E-state index in [-0.39, 0.29) is 11.0 Å². The topological polar surface area (TPSA) is 64.9 Å². The van der Waals surface area contributed by atoms with Crippen LogP contribution in [0.4, 0.5) is 5.69 Å². The Balaban J connectivity index is 1.62. The molecule has 0 atom stereocenters. The molecule has 0 heterocycles. The predicted octanol–water partition coefficient (Wildman–Crippen LogP) is 4.35. The highest BCUT2D eigenvalue weighted by molar-refractivity contribution is 7.80. The molecule has 0 aliphatic heterocycles. The van der Waals surface area contributed by atoms with Gasteiger partial charge in [-0.25, -0.2) is 0 Å². The molecule has 0 saturated carbocycles. The van der Waals surface area contributed by atoms with Crippen molar-refractivity contribution in [2.75, 3.05) is 5.32 Å². The zero-order valence-corrected chi connectivity index (χ0v) is 14.6. The summed E-state index contributed by atoms with van der Waals surface area (Å²) in [6, 6.07) is 26.1. The fourth-order valence-electron chi connectivity index (χ4n) is 2.41. The van der Waals surface area contributed by atoms with Gasteiger partial charge in [0.15, 0.2) is 5.11 Å². The molecule has 0 saturated heterocycles. The number of carbonyl (C=O) groups is 1. The third-order valence-corrected chi connectivity index (χ3v) is 3.96. The molecular formula is C21H15N3OS. The first-order valence-electron chi connectivity index (χ1n) is 7.94. The molecule has 0 aliphatic rings. The lowest BCUT2D eigenvalue weighted by Crippen LogP contribution is -2.34. The Morgan fingerprint density at radius 1 is 0.846 bits per heavy atom. The maximum absolute atomic E-state index is 12.3. The molecule has 0 bridgehead atoms. The summed E-state index contributed by atoms with van der Waals surface area (Å²) in [7, 11) is 0. The average molecular weight is 357 g/mol. The van der Waals surface area contributed by atoms with E-state index in [2.05, 4.69) is 10.6 Å². The van der Waals surface area contributed by atoms with Crippen LogP contribution in [0.15, 0.2) is 78.9 Å². The maximum atomic E-state index is 12.3. The monoisotopic (exact) mass is 357 g/mol. The molecule has 0 aromatic heterocycles. The minimum Gasteiger partial charge on any atom is -0.332 e. The molecule has 0 fully saturated rings. The van der Waals surface area contributed by atoms with E-state index in [0.717, 1.165) is 11.1 Å². The van der Waals surface area contributed by atoms with Gasteiger partial charge in [0.2, 0.25) is 0 Å². The van der Waals surface area contributed by atoms with Crippen molar-refractivity contribution < 1.29 is 4.79 Å². The van der Waals surface area contributed by atoms with E-state index in [1.54, 1.807) is 36.4 Å². The predicted molar refractivity (Wildman–Crippen MR) is 107 cm³/mol. The van der Waals surface area contributed by atoms with Crippen LogP contribution < -0.4 is 10.6 Å². The molecule has 1 amide bonds. The second-order valence-electron chi connectivity index (χ2n) is 5.54. The van der Waals surface area contributed by atoms with Crippen molar-refractivity contribution >= 4 is 28.9 Å². The van der Waals surface area contributed by atoms with Gasteiger partial charge in [-0.2, -0.15) is 5.26 Å². The number of nitrogens with one attached hydrogen (secondary N) is 2. The fourth-order valence-corrected chi connectivity index (χ4v) is 2.62. The Hall–Kier alpha value is -3.49. The SMILES string of the molecule is N#Cc1ccc(NC(=S)NC(=O)c2ccc(-c3ccccc3)cc2)cc1. The Kier molecular flexibility index (Phi) is 5.37. The van der Waals surface area contributed by atoms with Crippen molar-refractivity contribution in [2.24, 2.45) is 0 Å². The van der Waals surface area contributed by atoms with Gasteiger partial charge in [0.1, 0.15) is 0 Å². The molecule has 3 rings (SSSR count). The highest BCUT2D eigenvalue weighted by Crippen LogP contribution is 2.19. The highest BCUT2D eigenvalue weighted by Gasteiger charge is 2.08. The Morgan fingerprint density at radius 3 is 2.08 bits per heavy atom. The van der Waals surface area contributed by atoms with E-state index in [9.17, 15) is 4.79 Å². The average Bonchev–Trinajstić information content (AvgIpc) is 2.69. The summed E-state index contributed by atoms with van der Waals surface area (Å²) in [4.78, 5) is 12.3. The summed E-state index contributed by atoms with van der Waals surface area (Å²) >= 11 is 5.17. The van der Waals surface area contributed by atoms with Crippen molar-refractivity contribution in [2.45, 2.75) is 0 Å². The Bertz CT molecular complexity index is 959. The zero-order chi connectivity index (χ0) is 18.4. The van der Waals surface area contributed by atoms with Crippen molar-refractivity contribution in [1.29, 1.82) is 5.26 Å². The molecule has 2 N–H and O–H groups in total. The molecule has 0 spiro atoms. The molecule has 0 unspecified atom stereocenters. The number of rotatable bonds is 3. The minimum atomic E-state index is -0.282. The lowest BCUT2D eigenvalue weighted by atomic mass is 10.0. The molecule has 4 nitrogen and oxygen atoms in total. The standard InChI is InChI=1S/C21H15N3OS/c22-14-15-6-12-19(13-7-15)23-21(26)24-20(25)18-10-8-17(9-11-18)16-4-2-1-3-5-16/h1-13H,(H2,23,24,25,26). The quantitative estimate of drug-likeness (QED) is 0.684.